The monoisotopic (exact) mass is 433 g/mol. The number of nitrogens with zero attached hydrogens (tertiary/aromatic N) is 2. The predicted molar refractivity (Wildman–Crippen MR) is 133 cm³/mol. The summed E-state index contributed by atoms with van der Waals surface area (Å²) in [5.41, 5.74) is 5.16. The Balaban J connectivity index is 1.25. The number of hydrogen-bond donors (Lipinski definition) is 1. The lowest BCUT2D eigenvalue weighted by Crippen LogP contribution is -2.40. The Morgan fingerprint density at radius 3 is 2.50 bits per heavy atom. The third kappa shape index (κ3) is 5.92. The van der Waals surface area contributed by atoms with E-state index in [1.54, 1.807) is 0 Å². The molecule has 0 saturated carbocycles. The second-order valence-electron chi connectivity index (χ2n) is 10.1. The number of rotatable bonds is 6. The third-order valence-electron chi connectivity index (χ3n) is 7.22. The molecule has 0 spiro atoms. The number of hydrogen-bond acceptors (Lipinski definition) is 3. The zero-order valence-corrected chi connectivity index (χ0v) is 20.0. The molecule has 2 aliphatic heterocycles. The summed E-state index contributed by atoms with van der Waals surface area (Å²) >= 11 is 0. The Bertz CT molecular complexity index is 886. The molecule has 172 valence electrons. The van der Waals surface area contributed by atoms with E-state index in [4.69, 9.17) is 0 Å². The molecular formula is C28H39N3O. The molecule has 0 unspecified atom stereocenters. The normalized spacial score (nSPS) is 21.3. The second kappa shape index (κ2) is 10.5. The van der Waals surface area contributed by atoms with Crippen LogP contribution in [0, 0.1) is 18.8 Å². The number of amides is 1. The highest BCUT2D eigenvalue weighted by atomic mass is 16.1. The van der Waals surface area contributed by atoms with Crippen LogP contribution in [0.2, 0.25) is 0 Å². The van der Waals surface area contributed by atoms with Gasteiger partial charge in [0.15, 0.2) is 0 Å². The fourth-order valence-corrected chi connectivity index (χ4v) is 5.23. The first-order valence-corrected chi connectivity index (χ1v) is 12.4. The number of anilines is 1. The van der Waals surface area contributed by atoms with Gasteiger partial charge in [0, 0.05) is 31.2 Å². The van der Waals surface area contributed by atoms with E-state index in [1.807, 2.05) is 0 Å². The lowest BCUT2D eigenvalue weighted by atomic mass is 9.94. The third-order valence-corrected chi connectivity index (χ3v) is 7.22. The molecule has 4 heteroatoms. The molecule has 0 radical (unpaired) electrons. The summed E-state index contributed by atoms with van der Waals surface area (Å²) < 4.78 is 0. The van der Waals surface area contributed by atoms with E-state index in [0.29, 0.717) is 0 Å². The number of aryl methyl sites for hydroxylation is 1. The molecule has 2 aromatic rings. The van der Waals surface area contributed by atoms with Gasteiger partial charge in [-0.2, -0.15) is 0 Å². The van der Waals surface area contributed by atoms with Gasteiger partial charge < -0.3 is 10.2 Å². The van der Waals surface area contributed by atoms with Gasteiger partial charge >= 0.3 is 0 Å². The average Bonchev–Trinajstić information content (AvgIpc) is 2.79. The van der Waals surface area contributed by atoms with Crippen molar-refractivity contribution in [1.29, 1.82) is 0 Å². The molecule has 2 heterocycles. The average molecular weight is 434 g/mol. The van der Waals surface area contributed by atoms with Crippen molar-refractivity contribution in [2.45, 2.75) is 59.0 Å². The molecule has 1 N–H and O–H groups in total. The van der Waals surface area contributed by atoms with Gasteiger partial charge in [0.25, 0.3) is 0 Å². The second-order valence-corrected chi connectivity index (χ2v) is 10.1. The summed E-state index contributed by atoms with van der Waals surface area (Å²) in [5.74, 6) is 1.10. The summed E-state index contributed by atoms with van der Waals surface area (Å²) in [4.78, 5) is 17.9. The molecule has 0 aliphatic carbocycles. The molecular weight excluding hydrogens is 394 g/mol. The van der Waals surface area contributed by atoms with Crippen LogP contribution in [0.5, 0.6) is 0 Å². The van der Waals surface area contributed by atoms with Crippen LogP contribution < -0.4 is 10.2 Å². The minimum atomic E-state index is 0.0437. The molecule has 1 amide bonds. The first kappa shape index (κ1) is 22.8. The summed E-state index contributed by atoms with van der Waals surface area (Å²) in [6.07, 6.45) is 4.49. The number of carbonyl (C=O) groups excluding carboxylic acids is 1. The van der Waals surface area contributed by atoms with Gasteiger partial charge in [0.1, 0.15) is 0 Å². The molecule has 4 nitrogen and oxygen atoms in total. The largest absolute Gasteiger partial charge is 0.371 e. The molecule has 4 rings (SSSR count). The van der Waals surface area contributed by atoms with Crippen LogP contribution in [0.25, 0.3) is 0 Å². The minimum Gasteiger partial charge on any atom is -0.371 e. The van der Waals surface area contributed by atoms with E-state index >= 15 is 0 Å². The quantitative estimate of drug-likeness (QED) is 0.670. The Morgan fingerprint density at radius 2 is 1.81 bits per heavy atom. The highest BCUT2D eigenvalue weighted by Crippen LogP contribution is 2.25. The van der Waals surface area contributed by atoms with Crippen LogP contribution in [0.4, 0.5) is 5.69 Å². The zero-order chi connectivity index (χ0) is 22.5. The Labute approximate surface area is 194 Å². The van der Waals surface area contributed by atoms with Gasteiger partial charge in [-0.15, -0.1) is 0 Å². The van der Waals surface area contributed by atoms with Crippen molar-refractivity contribution in [2.75, 3.05) is 31.1 Å². The lowest BCUT2D eigenvalue weighted by Gasteiger charge is -2.33. The summed E-state index contributed by atoms with van der Waals surface area (Å²) in [7, 11) is 0. The number of piperidine rings is 2. The van der Waals surface area contributed by atoms with Crippen LogP contribution in [-0.4, -0.2) is 37.0 Å². The van der Waals surface area contributed by atoms with Crippen molar-refractivity contribution in [3.05, 3.63) is 65.2 Å². The smallest absolute Gasteiger partial charge is 0.223 e. The van der Waals surface area contributed by atoms with Crippen LogP contribution in [0.15, 0.2) is 48.5 Å². The summed E-state index contributed by atoms with van der Waals surface area (Å²) in [5, 5.41) is 3.27. The fraction of sp³-hybridized carbons (Fsp3) is 0.536. The highest BCUT2D eigenvalue weighted by molar-refractivity contribution is 5.79. The van der Waals surface area contributed by atoms with Gasteiger partial charge in [0.05, 0.1) is 6.04 Å². The molecule has 32 heavy (non-hydrogen) atoms. The van der Waals surface area contributed by atoms with Gasteiger partial charge in [-0.05, 0) is 81.8 Å². The fourth-order valence-electron chi connectivity index (χ4n) is 5.23. The van der Waals surface area contributed by atoms with E-state index in [-0.39, 0.29) is 17.9 Å². The number of benzene rings is 2. The SMILES string of the molecule is Cc1cccc(CN2CCC(C(=O)N[C@H](C)c3ccc(N4CCC[C@H](C)C4)cc3)CC2)c1. The van der Waals surface area contributed by atoms with Crippen LogP contribution in [0.1, 0.15) is 62.3 Å². The minimum absolute atomic E-state index is 0.0437. The lowest BCUT2D eigenvalue weighted by molar-refractivity contribution is -0.127. The Morgan fingerprint density at radius 1 is 1.06 bits per heavy atom. The van der Waals surface area contributed by atoms with E-state index in [1.165, 1.54) is 35.2 Å². The molecule has 0 bridgehead atoms. The number of likely N-dealkylation sites (tertiary alicyclic amines) is 1. The molecule has 2 fully saturated rings. The Hall–Kier alpha value is -2.33. The molecule has 2 atom stereocenters. The van der Waals surface area contributed by atoms with E-state index in [0.717, 1.165) is 51.5 Å². The van der Waals surface area contributed by atoms with Gasteiger partial charge in [-0.25, -0.2) is 0 Å². The van der Waals surface area contributed by atoms with E-state index in [2.05, 4.69) is 84.4 Å². The van der Waals surface area contributed by atoms with Crippen molar-refractivity contribution in [3.63, 3.8) is 0 Å². The van der Waals surface area contributed by atoms with Crippen molar-refractivity contribution < 1.29 is 4.79 Å². The van der Waals surface area contributed by atoms with E-state index < -0.39 is 0 Å². The maximum absolute atomic E-state index is 12.9. The number of carbonyl (C=O) groups is 1. The van der Waals surface area contributed by atoms with Crippen molar-refractivity contribution >= 4 is 11.6 Å². The maximum Gasteiger partial charge on any atom is 0.223 e. The standard InChI is InChI=1S/C28H39N3O/c1-21-6-4-8-24(18-21)20-30-16-13-26(14-17-30)28(32)29-23(3)25-9-11-27(12-10-25)31-15-5-7-22(2)19-31/h4,6,8-12,18,22-23,26H,5,7,13-17,19-20H2,1-3H3,(H,29,32)/t22-,23+/m0/s1. The first-order chi connectivity index (χ1) is 15.5. The maximum atomic E-state index is 12.9. The van der Waals surface area contributed by atoms with Crippen LogP contribution >= 0.6 is 0 Å². The van der Waals surface area contributed by atoms with Gasteiger partial charge in [0.2, 0.25) is 5.91 Å². The van der Waals surface area contributed by atoms with E-state index in [9.17, 15) is 4.79 Å². The molecule has 2 saturated heterocycles. The summed E-state index contributed by atoms with van der Waals surface area (Å²) in [6.45, 7) is 11.8. The van der Waals surface area contributed by atoms with Crippen LogP contribution in [0.3, 0.4) is 0 Å². The highest BCUT2D eigenvalue weighted by Gasteiger charge is 2.26. The number of nitrogens with one attached hydrogen (secondary N) is 1. The molecule has 0 aromatic heterocycles. The van der Waals surface area contributed by atoms with Crippen molar-refractivity contribution in [3.8, 4) is 0 Å². The predicted octanol–water partition coefficient (Wildman–Crippen LogP) is 5.32. The van der Waals surface area contributed by atoms with Crippen molar-refractivity contribution in [2.24, 2.45) is 11.8 Å². The van der Waals surface area contributed by atoms with Gasteiger partial charge in [-0.3, -0.25) is 9.69 Å². The summed E-state index contributed by atoms with van der Waals surface area (Å²) in [6, 6.07) is 17.6. The zero-order valence-electron chi connectivity index (χ0n) is 20.0. The van der Waals surface area contributed by atoms with Crippen LogP contribution in [-0.2, 0) is 11.3 Å². The van der Waals surface area contributed by atoms with Crippen molar-refractivity contribution in [1.82, 2.24) is 10.2 Å². The Kier molecular flexibility index (Phi) is 7.51. The molecule has 2 aliphatic rings. The van der Waals surface area contributed by atoms with Gasteiger partial charge in [-0.1, -0.05) is 48.9 Å². The molecule has 2 aromatic carbocycles. The first-order valence-electron chi connectivity index (χ1n) is 12.4. The topological polar surface area (TPSA) is 35.6 Å².